The average Bonchev–Trinajstić information content (AvgIpc) is 3.27. The van der Waals surface area contributed by atoms with E-state index in [9.17, 15) is 15.0 Å². The number of carbonyl (C=O) groups excluding carboxylic acids is 1. The number of aromatic nitrogens is 3. The molecule has 0 saturated heterocycles. The minimum Gasteiger partial charge on any atom is -0.454 e. The third-order valence-electron chi connectivity index (χ3n) is 6.35. The molecule has 35 heavy (non-hydrogen) atoms. The molecule has 3 aromatic rings. The summed E-state index contributed by atoms with van der Waals surface area (Å²) >= 11 is 0. The first kappa shape index (κ1) is 25.0. The number of anilines is 2. The molecule has 0 bridgehead atoms. The molecule has 10 heteroatoms. The lowest BCUT2D eigenvalue weighted by atomic mass is 9.83. The summed E-state index contributed by atoms with van der Waals surface area (Å²) < 4.78 is 11.5. The summed E-state index contributed by atoms with van der Waals surface area (Å²) in [6.07, 6.45) is 2.30. The number of hydrogen-bond acceptors (Lipinski definition) is 10. The maximum absolute atomic E-state index is 12.8. The van der Waals surface area contributed by atoms with Crippen molar-refractivity contribution in [1.29, 1.82) is 0 Å². The van der Waals surface area contributed by atoms with E-state index >= 15 is 0 Å². The number of nitrogens with zero attached hydrogens (tertiary/aromatic N) is 3. The Bertz CT molecular complexity index is 1180. The molecule has 3 heterocycles. The molecular formula is C25H33N5O5. The van der Waals surface area contributed by atoms with E-state index < -0.39 is 18.1 Å². The standard InChI is InChI=1S/C25H33N5O5/c1-4-17-10-16-11-19(35-20(16)12-27-17)21-14(3)28-25(26-8-9-34-5-2)30-24(21)29-18-7-6-15(13-31)22(32)23(18)33/h10-12,15,18,22,31-32H,4-9,13H2,1-3H3,(H2,26,28,29,30). The van der Waals surface area contributed by atoms with Crippen LogP contribution in [0.25, 0.3) is 22.3 Å². The van der Waals surface area contributed by atoms with Crippen LogP contribution in [0.2, 0.25) is 0 Å². The van der Waals surface area contributed by atoms with Gasteiger partial charge >= 0.3 is 0 Å². The number of aliphatic hydroxyl groups is 2. The Labute approximate surface area is 204 Å². The zero-order valence-electron chi connectivity index (χ0n) is 20.4. The molecule has 0 aromatic carbocycles. The van der Waals surface area contributed by atoms with E-state index in [1.54, 1.807) is 6.20 Å². The molecule has 1 fully saturated rings. The number of fused-ring (bicyclic) bond motifs is 1. The molecule has 0 aliphatic heterocycles. The highest BCUT2D eigenvalue weighted by molar-refractivity contribution is 5.93. The van der Waals surface area contributed by atoms with Crippen molar-refractivity contribution in [3.05, 3.63) is 29.7 Å². The smallest absolute Gasteiger partial charge is 0.224 e. The van der Waals surface area contributed by atoms with E-state index in [1.165, 1.54) is 0 Å². The Balaban J connectivity index is 1.70. The predicted octanol–water partition coefficient (Wildman–Crippen LogP) is 2.72. The lowest BCUT2D eigenvalue weighted by Gasteiger charge is -2.31. The van der Waals surface area contributed by atoms with Crippen molar-refractivity contribution in [2.75, 3.05) is 37.0 Å². The Morgan fingerprint density at radius 1 is 1.23 bits per heavy atom. The highest BCUT2D eigenvalue weighted by Crippen LogP contribution is 2.36. The van der Waals surface area contributed by atoms with Crippen molar-refractivity contribution in [1.82, 2.24) is 15.0 Å². The van der Waals surface area contributed by atoms with E-state index in [-0.39, 0.29) is 12.4 Å². The zero-order chi connectivity index (χ0) is 24.9. The first-order valence-corrected chi connectivity index (χ1v) is 12.1. The number of pyridine rings is 1. The highest BCUT2D eigenvalue weighted by atomic mass is 16.5. The second kappa shape index (κ2) is 11.1. The fraction of sp³-hybridized carbons (Fsp3) is 0.520. The van der Waals surface area contributed by atoms with E-state index in [0.717, 1.165) is 17.5 Å². The molecule has 0 spiro atoms. The molecule has 0 radical (unpaired) electrons. The molecule has 1 aliphatic carbocycles. The molecule has 1 saturated carbocycles. The van der Waals surface area contributed by atoms with Crippen LogP contribution in [-0.2, 0) is 16.0 Å². The van der Waals surface area contributed by atoms with Crippen molar-refractivity contribution in [2.45, 2.75) is 52.2 Å². The first-order valence-electron chi connectivity index (χ1n) is 12.1. The first-order chi connectivity index (χ1) is 16.9. The number of ketones is 1. The van der Waals surface area contributed by atoms with E-state index in [2.05, 4.69) is 25.6 Å². The van der Waals surface area contributed by atoms with Gasteiger partial charge in [0, 0.05) is 36.8 Å². The quantitative estimate of drug-likeness (QED) is 0.318. The van der Waals surface area contributed by atoms with Crippen LogP contribution in [-0.4, -0.2) is 69.5 Å². The number of hydrogen-bond donors (Lipinski definition) is 4. The van der Waals surface area contributed by atoms with Crippen LogP contribution in [0, 0.1) is 12.8 Å². The van der Waals surface area contributed by atoms with Crippen LogP contribution in [0.1, 0.15) is 38.1 Å². The SMILES string of the molecule is CCOCCNc1nc(C)c(-c2cc3cc(CC)ncc3o2)c(NC2CCC(CO)C(O)C2=O)n1. The molecule has 4 rings (SSSR count). The Morgan fingerprint density at radius 2 is 2.06 bits per heavy atom. The molecule has 0 amide bonds. The molecular weight excluding hydrogens is 450 g/mol. The minimum atomic E-state index is -1.22. The summed E-state index contributed by atoms with van der Waals surface area (Å²) in [6.45, 7) is 7.27. The van der Waals surface area contributed by atoms with Crippen LogP contribution < -0.4 is 10.6 Å². The molecule has 1 aliphatic rings. The largest absolute Gasteiger partial charge is 0.454 e. The van der Waals surface area contributed by atoms with Gasteiger partial charge in [0.2, 0.25) is 5.95 Å². The second-order valence-corrected chi connectivity index (χ2v) is 8.72. The van der Waals surface area contributed by atoms with Crippen LogP contribution >= 0.6 is 0 Å². The van der Waals surface area contributed by atoms with E-state index in [1.807, 2.05) is 32.9 Å². The Hall–Kier alpha value is -3.08. The number of Topliss-reactive ketones (excluding diaryl/α,β-unsaturated/α-hetero) is 1. The molecule has 3 unspecified atom stereocenters. The number of rotatable bonds is 10. The van der Waals surface area contributed by atoms with Gasteiger partial charge < -0.3 is 30.0 Å². The normalized spacial score (nSPS) is 20.4. The van der Waals surface area contributed by atoms with Crippen LogP contribution in [0.3, 0.4) is 0 Å². The van der Waals surface area contributed by atoms with Gasteiger partial charge in [0.05, 0.1) is 30.1 Å². The fourth-order valence-corrected chi connectivity index (χ4v) is 4.36. The molecule has 4 N–H and O–H groups in total. The number of furan rings is 1. The van der Waals surface area contributed by atoms with Gasteiger partial charge in [-0.3, -0.25) is 9.78 Å². The maximum Gasteiger partial charge on any atom is 0.224 e. The van der Waals surface area contributed by atoms with Gasteiger partial charge in [-0.05, 0) is 45.2 Å². The number of aryl methyl sites for hydroxylation is 2. The fourth-order valence-electron chi connectivity index (χ4n) is 4.36. The third kappa shape index (κ3) is 5.44. The van der Waals surface area contributed by atoms with E-state index in [0.29, 0.717) is 67.0 Å². The summed E-state index contributed by atoms with van der Waals surface area (Å²) in [6, 6.07) is 3.27. The Kier molecular flexibility index (Phi) is 7.94. The second-order valence-electron chi connectivity index (χ2n) is 8.72. The molecule has 3 aromatic heterocycles. The van der Waals surface area contributed by atoms with Gasteiger partial charge in [-0.2, -0.15) is 4.98 Å². The van der Waals surface area contributed by atoms with Gasteiger partial charge in [-0.25, -0.2) is 4.98 Å². The summed E-state index contributed by atoms with van der Waals surface area (Å²) in [5, 5.41) is 27.1. The number of ether oxygens (including phenoxy) is 1. The van der Waals surface area contributed by atoms with Crippen LogP contribution in [0.4, 0.5) is 11.8 Å². The van der Waals surface area contributed by atoms with Gasteiger partial charge in [-0.15, -0.1) is 0 Å². The van der Waals surface area contributed by atoms with Gasteiger partial charge in [0.15, 0.2) is 11.4 Å². The monoisotopic (exact) mass is 483 g/mol. The topological polar surface area (TPSA) is 143 Å². The minimum absolute atomic E-state index is 0.224. The van der Waals surface area contributed by atoms with Gasteiger partial charge in [-0.1, -0.05) is 6.92 Å². The summed E-state index contributed by atoms with van der Waals surface area (Å²) in [5.41, 5.74) is 2.92. The predicted molar refractivity (Wildman–Crippen MR) is 132 cm³/mol. The number of nitrogens with one attached hydrogen (secondary N) is 2. The lowest BCUT2D eigenvalue weighted by molar-refractivity contribution is -0.134. The van der Waals surface area contributed by atoms with Crippen LogP contribution in [0.15, 0.2) is 22.7 Å². The number of aliphatic hydroxyl groups excluding tert-OH is 2. The van der Waals surface area contributed by atoms with Crippen molar-refractivity contribution < 1.29 is 24.2 Å². The molecule has 188 valence electrons. The summed E-state index contributed by atoms with van der Waals surface area (Å²) in [5.74, 6) is 0.597. The molecule has 10 nitrogen and oxygen atoms in total. The van der Waals surface area contributed by atoms with Crippen molar-refractivity contribution in [3.63, 3.8) is 0 Å². The zero-order valence-corrected chi connectivity index (χ0v) is 20.4. The summed E-state index contributed by atoms with van der Waals surface area (Å²) in [7, 11) is 0. The van der Waals surface area contributed by atoms with E-state index in [4.69, 9.17) is 9.15 Å². The Morgan fingerprint density at radius 3 is 2.80 bits per heavy atom. The number of carbonyl (C=O) groups is 1. The van der Waals surface area contributed by atoms with Gasteiger partial charge in [0.1, 0.15) is 17.7 Å². The van der Waals surface area contributed by atoms with Crippen molar-refractivity contribution in [3.8, 4) is 11.3 Å². The lowest BCUT2D eigenvalue weighted by Crippen LogP contribution is -2.47. The van der Waals surface area contributed by atoms with Gasteiger partial charge in [0.25, 0.3) is 0 Å². The third-order valence-corrected chi connectivity index (χ3v) is 6.35. The van der Waals surface area contributed by atoms with Crippen molar-refractivity contribution in [2.24, 2.45) is 5.92 Å². The van der Waals surface area contributed by atoms with Crippen LogP contribution in [0.5, 0.6) is 0 Å². The molecule has 3 atom stereocenters. The highest BCUT2D eigenvalue weighted by Gasteiger charge is 2.37. The average molecular weight is 484 g/mol. The summed E-state index contributed by atoms with van der Waals surface area (Å²) in [4.78, 5) is 26.5. The maximum atomic E-state index is 12.8. The van der Waals surface area contributed by atoms with Crippen molar-refractivity contribution >= 4 is 28.5 Å².